The Labute approximate surface area is 91.8 Å². The van der Waals surface area contributed by atoms with Crippen LogP contribution in [0.4, 0.5) is 8.78 Å². The van der Waals surface area contributed by atoms with Gasteiger partial charge in [0.2, 0.25) is 0 Å². The van der Waals surface area contributed by atoms with E-state index in [0.717, 1.165) is 0 Å². The number of rotatable bonds is 6. The molecular formula is C9H15F2N3O2. The average Bonchev–Trinajstić information content (AvgIpc) is 2.21. The summed E-state index contributed by atoms with van der Waals surface area (Å²) in [5.74, 6) is -3.20. The van der Waals surface area contributed by atoms with Gasteiger partial charge in [0.05, 0.1) is 12.4 Å². The van der Waals surface area contributed by atoms with Crippen LogP contribution in [0.3, 0.4) is 0 Å². The molecule has 92 valence electrons. The minimum Gasteiger partial charge on any atom is -0.480 e. The molecule has 16 heavy (non-hydrogen) atoms. The van der Waals surface area contributed by atoms with Gasteiger partial charge in [-0.05, 0) is 13.3 Å². The Morgan fingerprint density at radius 2 is 2.00 bits per heavy atom. The fraction of sp³-hybridized carbons (Fsp3) is 0.556. The molecule has 0 heterocycles. The lowest BCUT2D eigenvalue weighted by atomic mass is 10.1. The Balaban J connectivity index is 4.21. The van der Waals surface area contributed by atoms with E-state index in [9.17, 15) is 13.6 Å². The summed E-state index contributed by atoms with van der Waals surface area (Å²) in [7, 11) is 0. The highest BCUT2D eigenvalue weighted by Gasteiger charge is 2.14. The Kier molecular flexibility index (Phi) is 6.24. The van der Waals surface area contributed by atoms with Crippen LogP contribution in [0.15, 0.2) is 16.6 Å². The van der Waals surface area contributed by atoms with Crippen LogP contribution in [0.2, 0.25) is 0 Å². The van der Waals surface area contributed by atoms with Crippen molar-refractivity contribution < 1.29 is 18.7 Å². The van der Waals surface area contributed by atoms with Gasteiger partial charge in [-0.1, -0.05) is 0 Å². The van der Waals surface area contributed by atoms with Gasteiger partial charge in [0.15, 0.2) is 5.83 Å². The standard InChI is InChI=1S/C9H15F2N3O2/c1-5(12)14-4-7(11)6(10)2-3-8(13)9(15)16/h8H,2-4,13H2,1H3,(H2,12,14)(H,15,16). The number of allylic oxidation sites excluding steroid dienone is 1. The van der Waals surface area contributed by atoms with Gasteiger partial charge in [-0.15, -0.1) is 0 Å². The molecule has 5 nitrogen and oxygen atoms in total. The van der Waals surface area contributed by atoms with E-state index in [1.807, 2.05) is 0 Å². The van der Waals surface area contributed by atoms with Gasteiger partial charge in [-0.3, -0.25) is 9.79 Å². The highest BCUT2D eigenvalue weighted by atomic mass is 19.2. The lowest BCUT2D eigenvalue weighted by Gasteiger charge is -2.04. The predicted molar refractivity (Wildman–Crippen MR) is 56.3 cm³/mol. The van der Waals surface area contributed by atoms with Gasteiger partial charge in [-0.25, -0.2) is 8.78 Å². The smallest absolute Gasteiger partial charge is 0.320 e. The van der Waals surface area contributed by atoms with Crippen molar-refractivity contribution in [2.45, 2.75) is 25.8 Å². The third kappa shape index (κ3) is 6.07. The second-order valence-electron chi connectivity index (χ2n) is 3.25. The SMILES string of the molecule is CC(N)=NCC(F)=C(F)CCC(N)C(=O)O. The summed E-state index contributed by atoms with van der Waals surface area (Å²) >= 11 is 0. The Bertz CT molecular complexity index is 312. The largest absolute Gasteiger partial charge is 0.480 e. The molecule has 0 radical (unpaired) electrons. The number of carboxylic acids is 1. The maximum Gasteiger partial charge on any atom is 0.320 e. The predicted octanol–water partition coefficient (Wildman–Crippen LogP) is 0.706. The molecule has 1 atom stereocenters. The quantitative estimate of drug-likeness (QED) is 0.466. The van der Waals surface area contributed by atoms with Crippen LogP contribution in [-0.4, -0.2) is 29.5 Å². The van der Waals surface area contributed by atoms with Gasteiger partial charge in [-0.2, -0.15) is 0 Å². The summed E-state index contributed by atoms with van der Waals surface area (Å²) < 4.78 is 26.0. The summed E-state index contributed by atoms with van der Waals surface area (Å²) in [6.07, 6.45) is -0.529. The zero-order valence-corrected chi connectivity index (χ0v) is 8.91. The molecule has 0 amide bonds. The number of nitrogens with zero attached hydrogens (tertiary/aromatic N) is 1. The van der Waals surface area contributed by atoms with E-state index in [1.54, 1.807) is 0 Å². The molecular weight excluding hydrogens is 220 g/mol. The number of carboxylic acid groups (broad SMARTS) is 1. The fourth-order valence-corrected chi connectivity index (χ4v) is 0.821. The van der Waals surface area contributed by atoms with Crippen molar-refractivity contribution in [3.8, 4) is 0 Å². The summed E-state index contributed by atoms with van der Waals surface area (Å²) in [6.45, 7) is 0.974. The molecule has 0 spiro atoms. The number of aliphatic carboxylic acids is 1. The Morgan fingerprint density at radius 3 is 2.44 bits per heavy atom. The normalized spacial score (nSPS) is 15.6. The van der Waals surface area contributed by atoms with Crippen molar-refractivity contribution in [3.63, 3.8) is 0 Å². The first-order chi connectivity index (χ1) is 7.34. The van der Waals surface area contributed by atoms with E-state index >= 15 is 0 Å². The summed E-state index contributed by atoms with van der Waals surface area (Å²) in [5, 5.41) is 8.41. The molecule has 1 unspecified atom stereocenters. The van der Waals surface area contributed by atoms with Crippen molar-refractivity contribution in [3.05, 3.63) is 11.7 Å². The minimum absolute atomic E-state index is 0.144. The minimum atomic E-state index is -1.25. The maximum atomic E-state index is 13.0. The number of amidine groups is 1. The zero-order valence-electron chi connectivity index (χ0n) is 8.91. The number of hydrogen-bond acceptors (Lipinski definition) is 3. The molecule has 0 aliphatic rings. The van der Waals surface area contributed by atoms with Crippen LogP contribution in [-0.2, 0) is 4.79 Å². The molecule has 0 fully saturated rings. The van der Waals surface area contributed by atoms with E-state index in [1.165, 1.54) is 6.92 Å². The van der Waals surface area contributed by atoms with Crippen LogP contribution >= 0.6 is 0 Å². The summed E-state index contributed by atoms with van der Waals surface area (Å²) in [4.78, 5) is 13.8. The molecule has 0 aromatic carbocycles. The van der Waals surface area contributed by atoms with Gasteiger partial charge in [0.1, 0.15) is 11.9 Å². The van der Waals surface area contributed by atoms with Crippen molar-refractivity contribution in [2.75, 3.05) is 6.54 Å². The lowest BCUT2D eigenvalue weighted by Crippen LogP contribution is -2.29. The third-order valence-electron chi connectivity index (χ3n) is 1.75. The molecule has 0 aliphatic heterocycles. The molecule has 0 rings (SSSR count). The summed E-state index contributed by atoms with van der Waals surface area (Å²) in [5.41, 5.74) is 10.3. The van der Waals surface area contributed by atoms with Crippen LogP contribution in [0.25, 0.3) is 0 Å². The van der Waals surface area contributed by atoms with Gasteiger partial charge >= 0.3 is 5.97 Å². The number of aliphatic imine (C=N–C) groups is 1. The van der Waals surface area contributed by atoms with Gasteiger partial charge < -0.3 is 16.6 Å². The van der Waals surface area contributed by atoms with Crippen molar-refractivity contribution in [1.29, 1.82) is 0 Å². The Morgan fingerprint density at radius 1 is 1.44 bits per heavy atom. The number of nitrogens with two attached hydrogens (primary N) is 2. The number of carbonyl (C=O) groups is 1. The molecule has 5 N–H and O–H groups in total. The third-order valence-corrected chi connectivity index (χ3v) is 1.75. The van der Waals surface area contributed by atoms with Crippen LogP contribution in [0.1, 0.15) is 19.8 Å². The average molecular weight is 235 g/mol. The fourth-order valence-electron chi connectivity index (χ4n) is 0.821. The van der Waals surface area contributed by atoms with Gasteiger partial charge in [0, 0.05) is 6.42 Å². The molecule has 0 saturated carbocycles. The molecule has 7 heteroatoms. The molecule has 0 aromatic rings. The maximum absolute atomic E-state index is 13.0. The van der Waals surface area contributed by atoms with Crippen molar-refractivity contribution in [2.24, 2.45) is 16.5 Å². The van der Waals surface area contributed by atoms with Crippen LogP contribution < -0.4 is 11.5 Å². The number of hydrogen-bond donors (Lipinski definition) is 3. The second kappa shape index (κ2) is 6.89. The first-order valence-corrected chi connectivity index (χ1v) is 4.62. The highest BCUT2D eigenvalue weighted by molar-refractivity contribution is 5.77. The van der Waals surface area contributed by atoms with E-state index in [4.69, 9.17) is 16.6 Å². The highest BCUT2D eigenvalue weighted by Crippen LogP contribution is 2.15. The Hall–Kier alpha value is -1.50. The molecule has 0 aliphatic carbocycles. The van der Waals surface area contributed by atoms with Gasteiger partial charge in [0.25, 0.3) is 0 Å². The van der Waals surface area contributed by atoms with Crippen molar-refractivity contribution >= 4 is 11.8 Å². The molecule has 0 saturated heterocycles. The van der Waals surface area contributed by atoms with E-state index in [0.29, 0.717) is 0 Å². The summed E-state index contributed by atoms with van der Waals surface area (Å²) in [6, 6.07) is -1.20. The second-order valence-corrected chi connectivity index (χ2v) is 3.25. The lowest BCUT2D eigenvalue weighted by molar-refractivity contribution is -0.138. The first kappa shape index (κ1) is 14.5. The first-order valence-electron chi connectivity index (χ1n) is 4.62. The monoisotopic (exact) mass is 235 g/mol. The number of halogens is 2. The van der Waals surface area contributed by atoms with Crippen LogP contribution in [0.5, 0.6) is 0 Å². The molecule has 0 bridgehead atoms. The zero-order chi connectivity index (χ0) is 12.7. The molecule has 0 aromatic heterocycles. The van der Waals surface area contributed by atoms with Crippen LogP contribution in [0, 0.1) is 0 Å². The van der Waals surface area contributed by atoms with E-state index in [2.05, 4.69) is 4.99 Å². The topological polar surface area (TPSA) is 102 Å². The van der Waals surface area contributed by atoms with E-state index in [-0.39, 0.29) is 18.7 Å². The van der Waals surface area contributed by atoms with E-state index < -0.39 is 30.2 Å². The van der Waals surface area contributed by atoms with Crippen molar-refractivity contribution in [1.82, 2.24) is 0 Å².